The van der Waals surface area contributed by atoms with Crippen molar-refractivity contribution >= 4 is 17.4 Å². The molecule has 2 aromatic rings. The standard InChI is InChI=1S/C14H13NO2S/c1-2-18-13-10-6-9-12(14(13)15(16)17)11-7-4-3-5-8-11/h3-10H,2H2,1H3. The minimum absolute atomic E-state index is 0.204. The van der Waals surface area contributed by atoms with Gasteiger partial charge < -0.3 is 0 Å². The van der Waals surface area contributed by atoms with E-state index in [0.717, 1.165) is 16.2 Å². The van der Waals surface area contributed by atoms with Gasteiger partial charge in [0.05, 0.1) is 15.4 Å². The van der Waals surface area contributed by atoms with Gasteiger partial charge in [0.1, 0.15) is 0 Å². The van der Waals surface area contributed by atoms with E-state index in [4.69, 9.17) is 0 Å². The summed E-state index contributed by atoms with van der Waals surface area (Å²) >= 11 is 1.50. The van der Waals surface area contributed by atoms with Gasteiger partial charge in [-0.3, -0.25) is 10.1 Å². The molecule has 4 heteroatoms. The summed E-state index contributed by atoms with van der Waals surface area (Å²) in [4.78, 5) is 11.7. The number of hydrogen-bond donors (Lipinski definition) is 0. The molecule has 0 saturated carbocycles. The summed E-state index contributed by atoms with van der Waals surface area (Å²) in [5.74, 6) is 0.819. The van der Waals surface area contributed by atoms with Crippen molar-refractivity contribution in [2.24, 2.45) is 0 Å². The first-order valence-corrected chi connectivity index (χ1v) is 6.68. The van der Waals surface area contributed by atoms with E-state index in [-0.39, 0.29) is 10.6 Å². The highest BCUT2D eigenvalue weighted by Crippen LogP contribution is 2.37. The molecule has 0 aliphatic carbocycles. The minimum Gasteiger partial charge on any atom is -0.258 e. The summed E-state index contributed by atoms with van der Waals surface area (Å²) in [6.07, 6.45) is 0. The van der Waals surface area contributed by atoms with Crippen molar-refractivity contribution in [2.45, 2.75) is 11.8 Å². The number of nitro groups is 1. The molecular weight excluding hydrogens is 246 g/mol. The molecule has 0 N–H and O–H groups in total. The fourth-order valence-corrected chi connectivity index (χ4v) is 2.64. The third-order valence-corrected chi connectivity index (χ3v) is 3.50. The molecule has 0 radical (unpaired) electrons. The highest BCUT2D eigenvalue weighted by molar-refractivity contribution is 7.99. The number of nitrogens with zero attached hydrogens (tertiary/aromatic N) is 1. The highest BCUT2D eigenvalue weighted by Gasteiger charge is 2.20. The van der Waals surface area contributed by atoms with E-state index >= 15 is 0 Å². The van der Waals surface area contributed by atoms with Crippen LogP contribution in [0.5, 0.6) is 0 Å². The monoisotopic (exact) mass is 259 g/mol. The predicted octanol–water partition coefficient (Wildman–Crippen LogP) is 4.37. The van der Waals surface area contributed by atoms with Crippen LogP contribution >= 0.6 is 11.8 Å². The molecule has 0 amide bonds. The van der Waals surface area contributed by atoms with Crippen LogP contribution in [0, 0.1) is 10.1 Å². The van der Waals surface area contributed by atoms with Crippen molar-refractivity contribution < 1.29 is 4.92 Å². The maximum Gasteiger partial charge on any atom is 0.290 e. The highest BCUT2D eigenvalue weighted by atomic mass is 32.2. The number of thioether (sulfide) groups is 1. The van der Waals surface area contributed by atoms with Crippen LogP contribution in [-0.4, -0.2) is 10.7 Å². The molecule has 0 unspecified atom stereocenters. The fraction of sp³-hybridized carbons (Fsp3) is 0.143. The SMILES string of the molecule is CCSc1cccc(-c2ccccc2)c1[N+](=O)[O-]. The molecule has 18 heavy (non-hydrogen) atoms. The Morgan fingerprint density at radius 1 is 1.11 bits per heavy atom. The summed E-state index contributed by atoms with van der Waals surface area (Å²) in [6, 6.07) is 14.9. The summed E-state index contributed by atoms with van der Waals surface area (Å²) < 4.78 is 0. The van der Waals surface area contributed by atoms with Crippen LogP contribution in [-0.2, 0) is 0 Å². The van der Waals surface area contributed by atoms with Gasteiger partial charge >= 0.3 is 0 Å². The molecule has 92 valence electrons. The summed E-state index contributed by atoms with van der Waals surface area (Å²) in [5, 5.41) is 11.3. The molecule has 0 spiro atoms. The van der Waals surface area contributed by atoms with Crippen molar-refractivity contribution in [3.8, 4) is 11.1 Å². The molecule has 2 aromatic carbocycles. The third kappa shape index (κ3) is 2.54. The number of rotatable bonds is 4. The lowest BCUT2D eigenvalue weighted by Crippen LogP contribution is -1.94. The quantitative estimate of drug-likeness (QED) is 0.465. The fourth-order valence-electron chi connectivity index (χ4n) is 1.83. The number of para-hydroxylation sites is 1. The van der Waals surface area contributed by atoms with Crippen LogP contribution in [0.3, 0.4) is 0 Å². The normalized spacial score (nSPS) is 10.3. The van der Waals surface area contributed by atoms with E-state index in [1.54, 1.807) is 12.1 Å². The van der Waals surface area contributed by atoms with Crippen molar-refractivity contribution in [1.29, 1.82) is 0 Å². The average Bonchev–Trinajstić information content (AvgIpc) is 2.39. The van der Waals surface area contributed by atoms with E-state index in [0.29, 0.717) is 5.56 Å². The first kappa shape index (κ1) is 12.6. The maximum absolute atomic E-state index is 11.3. The number of hydrogen-bond acceptors (Lipinski definition) is 3. The molecule has 0 bridgehead atoms. The lowest BCUT2D eigenvalue weighted by molar-refractivity contribution is -0.387. The minimum atomic E-state index is -0.291. The van der Waals surface area contributed by atoms with Crippen LogP contribution in [0.1, 0.15) is 6.92 Å². The Kier molecular flexibility index (Phi) is 3.99. The lowest BCUT2D eigenvalue weighted by atomic mass is 10.0. The average molecular weight is 259 g/mol. The van der Waals surface area contributed by atoms with Gasteiger partial charge in [0.25, 0.3) is 5.69 Å². The van der Waals surface area contributed by atoms with Crippen LogP contribution < -0.4 is 0 Å². The molecule has 2 rings (SSSR count). The van der Waals surface area contributed by atoms with Crippen LogP contribution in [0.4, 0.5) is 5.69 Å². The maximum atomic E-state index is 11.3. The second kappa shape index (κ2) is 5.69. The van der Waals surface area contributed by atoms with Crippen LogP contribution in [0.25, 0.3) is 11.1 Å². The van der Waals surface area contributed by atoms with Crippen molar-refractivity contribution in [1.82, 2.24) is 0 Å². The first-order chi connectivity index (χ1) is 8.74. The Morgan fingerprint density at radius 2 is 1.83 bits per heavy atom. The van der Waals surface area contributed by atoms with Gasteiger partial charge in [-0.2, -0.15) is 0 Å². The molecule has 0 aliphatic rings. The zero-order valence-electron chi connectivity index (χ0n) is 10.00. The molecular formula is C14H13NO2S. The van der Waals surface area contributed by atoms with Gasteiger partial charge in [-0.25, -0.2) is 0 Å². The Balaban J connectivity index is 2.60. The molecule has 0 fully saturated rings. The van der Waals surface area contributed by atoms with E-state index in [2.05, 4.69) is 0 Å². The Bertz CT molecular complexity index is 555. The second-order valence-electron chi connectivity index (χ2n) is 3.71. The Labute approximate surface area is 110 Å². The zero-order valence-corrected chi connectivity index (χ0v) is 10.8. The van der Waals surface area contributed by atoms with Crippen molar-refractivity contribution in [3.63, 3.8) is 0 Å². The van der Waals surface area contributed by atoms with Crippen molar-refractivity contribution in [3.05, 3.63) is 58.6 Å². The summed E-state index contributed by atoms with van der Waals surface area (Å²) in [6.45, 7) is 1.99. The molecule has 0 atom stereocenters. The van der Waals surface area contributed by atoms with E-state index in [1.165, 1.54) is 11.8 Å². The smallest absolute Gasteiger partial charge is 0.258 e. The molecule has 0 aromatic heterocycles. The van der Waals surface area contributed by atoms with Gasteiger partial charge in [0.15, 0.2) is 0 Å². The number of nitro benzene ring substituents is 1. The van der Waals surface area contributed by atoms with Gasteiger partial charge in [-0.05, 0) is 23.4 Å². The third-order valence-electron chi connectivity index (χ3n) is 2.57. The van der Waals surface area contributed by atoms with Crippen LogP contribution in [0.2, 0.25) is 0 Å². The van der Waals surface area contributed by atoms with E-state index in [9.17, 15) is 10.1 Å². The van der Waals surface area contributed by atoms with E-state index in [1.807, 2.05) is 43.3 Å². The van der Waals surface area contributed by atoms with Crippen LogP contribution in [0.15, 0.2) is 53.4 Å². The second-order valence-corrected chi connectivity index (χ2v) is 5.01. The number of benzene rings is 2. The predicted molar refractivity (Wildman–Crippen MR) is 74.9 cm³/mol. The summed E-state index contributed by atoms with van der Waals surface area (Å²) in [7, 11) is 0. The largest absolute Gasteiger partial charge is 0.290 e. The van der Waals surface area contributed by atoms with Gasteiger partial charge in [-0.15, -0.1) is 11.8 Å². The van der Waals surface area contributed by atoms with Crippen molar-refractivity contribution in [2.75, 3.05) is 5.75 Å². The topological polar surface area (TPSA) is 43.1 Å². The van der Waals surface area contributed by atoms with Gasteiger partial charge in [-0.1, -0.05) is 43.3 Å². The molecule has 0 heterocycles. The molecule has 0 saturated heterocycles. The zero-order chi connectivity index (χ0) is 13.0. The van der Waals surface area contributed by atoms with Gasteiger partial charge in [0, 0.05) is 0 Å². The first-order valence-electron chi connectivity index (χ1n) is 5.69. The van der Waals surface area contributed by atoms with Gasteiger partial charge in [0.2, 0.25) is 0 Å². The summed E-state index contributed by atoms with van der Waals surface area (Å²) in [5.41, 5.74) is 1.76. The Hall–Kier alpha value is -1.81. The molecule has 3 nitrogen and oxygen atoms in total. The Morgan fingerprint density at radius 3 is 2.44 bits per heavy atom. The molecule has 0 aliphatic heterocycles. The van der Waals surface area contributed by atoms with E-state index < -0.39 is 0 Å². The lowest BCUT2D eigenvalue weighted by Gasteiger charge is -2.07.